The van der Waals surface area contributed by atoms with E-state index in [1.807, 2.05) is 0 Å². The zero-order valence-corrected chi connectivity index (χ0v) is 18.0. The van der Waals surface area contributed by atoms with Gasteiger partial charge in [0.15, 0.2) is 5.69 Å². The van der Waals surface area contributed by atoms with Crippen LogP contribution < -0.4 is 15.4 Å². The number of hydrogen-bond donors (Lipinski definition) is 1. The number of aryl methyl sites for hydroxylation is 1. The topological polar surface area (TPSA) is 100.0 Å². The molecule has 0 unspecified atom stereocenters. The standard InChI is InChI=1S/C23H36FN3O3/c24-21-19-27(18-20(26-21)23(25)30)17-15-13-11-9-7-5-3-1-2-4-6-8-10-12-14-16-22(28)29/h1-2,18-19H,3-17H2,(H2-,25,28,29,30)/b2-1-. The molecule has 0 aliphatic rings. The number of allylic oxidation sites excluding steroid dienone is 2. The molecule has 1 aromatic rings. The van der Waals surface area contributed by atoms with Crippen LogP contribution in [0.2, 0.25) is 0 Å². The summed E-state index contributed by atoms with van der Waals surface area (Å²) >= 11 is 0. The first kappa shape index (κ1) is 25.7. The van der Waals surface area contributed by atoms with Crippen molar-refractivity contribution in [3.8, 4) is 0 Å². The molecule has 0 saturated heterocycles. The Morgan fingerprint density at radius 3 is 2.00 bits per heavy atom. The maximum atomic E-state index is 13.4. The van der Waals surface area contributed by atoms with E-state index in [-0.39, 0.29) is 12.1 Å². The summed E-state index contributed by atoms with van der Waals surface area (Å²) in [5, 5.41) is 10.3. The molecule has 0 bridgehead atoms. The third-order valence-electron chi connectivity index (χ3n) is 5.00. The SMILES string of the molecule is NC(=O)c1c[n+](CCCCCCCC/C=C\CCCCCCCC(=O)[O-])cc(F)n1. The van der Waals surface area contributed by atoms with E-state index in [1.54, 1.807) is 4.57 Å². The summed E-state index contributed by atoms with van der Waals surface area (Å²) < 4.78 is 15.0. The molecule has 0 spiro atoms. The fourth-order valence-electron chi connectivity index (χ4n) is 3.31. The summed E-state index contributed by atoms with van der Waals surface area (Å²) in [7, 11) is 0. The number of aromatic nitrogens is 2. The average Bonchev–Trinajstić information content (AvgIpc) is 2.69. The molecule has 2 N–H and O–H groups in total. The predicted molar refractivity (Wildman–Crippen MR) is 112 cm³/mol. The third kappa shape index (κ3) is 13.8. The monoisotopic (exact) mass is 421 g/mol. The van der Waals surface area contributed by atoms with E-state index in [2.05, 4.69) is 17.1 Å². The minimum atomic E-state index is -0.946. The van der Waals surface area contributed by atoms with Crippen molar-refractivity contribution in [2.24, 2.45) is 5.73 Å². The third-order valence-corrected chi connectivity index (χ3v) is 5.00. The highest BCUT2D eigenvalue weighted by Crippen LogP contribution is 2.10. The first-order valence-electron chi connectivity index (χ1n) is 11.2. The number of carbonyl (C=O) groups excluding carboxylic acids is 2. The number of unbranched alkanes of at least 4 members (excludes halogenated alkanes) is 11. The van der Waals surface area contributed by atoms with E-state index < -0.39 is 17.8 Å². The van der Waals surface area contributed by atoms with Crippen molar-refractivity contribution >= 4 is 11.9 Å². The van der Waals surface area contributed by atoms with Gasteiger partial charge in [0.1, 0.15) is 6.54 Å². The van der Waals surface area contributed by atoms with E-state index >= 15 is 0 Å². The molecule has 0 saturated carbocycles. The molecular formula is C23H36FN3O3. The molecule has 1 rings (SSSR count). The summed E-state index contributed by atoms with van der Waals surface area (Å²) in [6.07, 6.45) is 21.6. The molecule has 0 aliphatic carbocycles. The quantitative estimate of drug-likeness (QED) is 0.223. The van der Waals surface area contributed by atoms with Crippen LogP contribution in [0, 0.1) is 5.95 Å². The van der Waals surface area contributed by atoms with Gasteiger partial charge in [-0.15, -0.1) is 0 Å². The van der Waals surface area contributed by atoms with E-state index in [0.717, 1.165) is 57.8 Å². The van der Waals surface area contributed by atoms with Gasteiger partial charge in [-0.25, -0.2) is 4.98 Å². The van der Waals surface area contributed by atoms with Crippen LogP contribution in [0.5, 0.6) is 0 Å². The molecule has 30 heavy (non-hydrogen) atoms. The van der Waals surface area contributed by atoms with Gasteiger partial charge >= 0.3 is 0 Å². The van der Waals surface area contributed by atoms with Crippen LogP contribution in [-0.2, 0) is 11.3 Å². The van der Waals surface area contributed by atoms with Crippen molar-refractivity contribution in [3.05, 3.63) is 36.2 Å². The molecule has 1 amide bonds. The number of amides is 1. The Labute approximate surface area is 179 Å². The second-order valence-electron chi connectivity index (χ2n) is 7.74. The van der Waals surface area contributed by atoms with E-state index in [0.29, 0.717) is 6.54 Å². The van der Waals surface area contributed by atoms with Crippen LogP contribution >= 0.6 is 0 Å². The second kappa shape index (κ2) is 16.5. The van der Waals surface area contributed by atoms with Gasteiger partial charge in [-0.2, -0.15) is 8.96 Å². The second-order valence-corrected chi connectivity index (χ2v) is 7.74. The van der Waals surface area contributed by atoms with Crippen molar-refractivity contribution in [1.29, 1.82) is 0 Å². The fourth-order valence-corrected chi connectivity index (χ4v) is 3.31. The number of hydrogen-bond acceptors (Lipinski definition) is 4. The summed E-state index contributed by atoms with van der Waals surface area (Å²) in [6, 6.07) is 0. The maximum absolute atomic E-state index is 13.4. The Morgan fingerprint density at radius 2 is 1.43 bits per heavy atom. The van der Waals surface area contributed by atoms with Gasteiger partial charge in [0.2, 0.25) is 12.4 Å². The molecule has 168 valence electrons. The maximum Gasteiger partial charge on any atom is 0.278 e. The minimum absolute atomic E-state index is 0.0448. The molecular weight excluding hydrogens is 385 g/mol. The summed E-state index contributed by atoms with van der Waals surface area (Å²) in [5.74, 6) is -2.35. The van der Waals surface area contributed by atoms with Crippen molar-refractivity contribution < 1.29 is 23.7 Å². The van der Waals surface area contributed by atoms with Crippen molar-refractivity contribution in [3.63, 3.8) is 0 Å². The highest BCUT2D eigenvalue weighted by Gasteiger charge is 2.12. The number of aliphatic carboxylic acids is 1. The lowest BCUT2D eigenvalue weighted by Gasteiger charge is -2.02. The zero-order valence-electron chi connectivity index (χ0n) is 18.0. The summed E-state index contributed by atoms with van der Waals surface area (Å²) in [5.41, 5.74) is 5.10. The van der Waals surface area contributed by atoms with Gasteiger partial charge in [-0.3, -0.25) is 4.79 Å². The van der Waals surface area contributed by atoms with Crippen LogP contribution in [0.3, 0.4) is 0 Å². The number of rotatable bonds is 18. The zero-order chi connectivity index (χ0) is 22.0. The fraction of sp³-hybridized carbons (Fsp3) is 0.652. The Hall–Kier alpha value is -2.31. The first-order valence-corrected chi connectivity index (χ1v) is 11.2. The van der Waals surface area contributed by atoms with Crippen LogP contribution in [0.1, 0.15) is 100 Å². The molecule has 0 aromatic carbocycles. The van der Waals surface area contributed by atoms with E-state index in [1.165, 1.54) is 38.1 Å². The largest absolute Gasteiger partial charge is 0.550 e. The smallest absolute Gasteiger partial charge is 0.278 e. The minimum Gasteiger partial charge on any atom is -0.550 e. The number of carboxylic acid groups (broad SMARTS) is 1. The first-order chi connectivity index (χ1) is 14.5. The van der Waals surface area contributed by atoms with Gasteiger partial charge in [0.05, 0.1) is 0 Å². The Bertz CT molecular complexity index is 665. The van der Waals surface area contributed by atoms with Crippen LogP contribution in [0.15, 0.2) is 24.5 Å². The van der Waals surface area contributed by atoms with Crippen molar-refractivity contribution in [1.82, 2.24) is 4.98 Å². The normalized spacial score (nSPS) is 11.2. The lowest BCUT2D eigenvalue weighted by atomic mass is 10.1. The lowest BCUT2D eigenvalue weighted by Crippen LogP contribution is -2.36. The number of nitrogens with two attached hydrogens (primary N) is 1. The molecule has 0 atom stereocenters. The van der Waals surface area contributed by atoms with Crippen molar-refractivity contribution in [2.75, 3.05) is 0 Å². The average molecular weight is 422 g/mol. The predicted octanol–water partition coefficient (Wildman–Crippen LogP) is 3.37. The van der Waals surface area contributed by atoms with Gasteiger partial charge in [0.25, 0.3) is 11.9 Å². The van der Waals surface area contributed by atoms with Crippen LogP contribution in [0.25, 0.3) is 0 Å². The number of carboxylic acids is 1. The van der Waals surface area contributed by atoms with E-state index in [4.69, 9.17) is 5.73 Å². The number of primary amides is 1. The van der Waals surface area contributed by atoms with Gasteiger partial charge in [-0.1, -0.05) is 50.7 Å². The van der Waals surface area contributed by atoms with E-state index in [9.17, 15) is 19.1 Å². The Morgan fingerprint density at radius 1 is 0.900 bits per heavy atom. The molecule has 0 radical (unpaired) electrons. The molecule has 6 nitrogen and oxygen atoms in total. The lowest BCUT2D eigenvalue weighted by molar-refractivity contribution is -0.699. The number of carbonyl (C=O) groups is 2. The Kier molecular flexibility index (Phi) is 14.1. The number of halogens is 1. The summed E-state index contributed by atoms with van der Waals surface area (Å²) in [4.78, 5) is 24.9. The highest BCUT2D eigenvalue weighted by molar-refractivity contribution is 5.90. The van der Waals surface area contributed by atoms with Gasteiger partial charge < -0.3 is 15.6 Å². The molecule has 1 aromatic heterocycles. The molecule has 7 heteroatoms. The Balaban J connectivity index is 1.91. The molecule has 1 heterocycles. The highest BCUT2D eigenvalue weighted by atomic mass is 19.1. The van der Waals surface area contributed by atoms with Crippen LogP contribution in [-0.4, -0.2) is 16.9 Å². The van der Waals surface area contributed by atoms with Crippen molar-refractivity contribution in [2.45, 2.75) is 96.4 Å². The number of nitrogens with zero attached hydrogens (tertiary/aromatic N) is 2. The molecule has 0 fully saturated rings. The van der Waals surface area contributed by atoms with Gasteiger partial charge in [-0.05, 0) is 44.9 Å². The van der Waals surface area contributed by atoms with Crippen LogP contribution in [0.4, 0.5) is 4.39 Å². The molecule has 0 aliphatic heterocycles. The summed E-state index contributed by atoms with van der Waals surface area (Å²) in [6.45, 7) is 0.652. The van der Waals surface area contributed by atoms with Gasteiger partial charge in [0, 0.05) is 12.4 Å².